The Morgan fingerprint density at radius 2 is 1.76 bits per heavy atom. The second-order valence-electron chi connectivity index (χ2n) is 11.5. The fraction of sp³-hybridized carbons (Fsp3) is 0.364. The maximum absolute atomic E-state index is 14.6. The van der Waals surface area contributed by atoms with Crippen LogP contribution in [0.1, 0.15) is 49.8 Å². The van der Waals surface area contributed by atoms with Crippen LogP contribution in [0, 0.1) is 11.7 Å². The molecule has 1 unspecified atom stereocenters. The molecule has 1 atom stereocenters. The molecule has 0 aromatic heterocycles. The van der Waals surface area contributed by atoms with E-state index in [9.17, 15) is 30.8 Å². The van der Waals surface area contributed by atoms with Crippen molar-refractivity contribution in [1.29, 1.82) is 0 Å². The summed E-state index contributed by atoms with van der Waals surface area (Å²) < 4.78 is 90.5. The summed E-state index contributed by atoms with van der Waals surface area (Å²) in [5, 5.41) is 0.215. The molecule has 3 aromatic rings. The first kappa shape index (κ1) is 33.0. The zero-order valence-electron chi connectivity index (χ0n) is 24.8. The normalized spacial score (nSPS) is 18.4. The van der Waals surface area contributed by atoms with Crippen LogP contribution in [0.15, 0.2) is 65.6 Å². The van der Waals surface area contributed by atoms with E-state index in [0.29, 0.717) is 30.2 Å². The molecule has 3 aromatic carbocycles. The van der Waals surface area contributed by atoms with Crippen LogP contribution in [0.3, 0.4) is 0 Å². The SMILES string of the molecule is CC(=O)C1CCN(CCC2CN(S(=O)(=O)c3cccc(C(F)(F)F)c3)c3cc(C=C(C)c4c(F)cccc4Cl)ccc3O2)CC1. The maximum atomic E-state index is 14.6. The third-order valence-corrected chi connectivity index (χ3v) is 10.4. The molecule has 0 saturated carbocycles. The van der Waals surface area contributed by atoms with Crippen LogP contribution >= 0.6 is 11.6 Å². The molecule has 2 aliphatic heterocycles. The summed E-state index contributed by atoms with van der Waals surface area (Å²) in [7, 11) is -4.46. The smallest absolute Gasteiger partial charge is 0.416 e. The number of ether oxygens (including phenoxy) is 1. The lowest BCUT2D eigenvalue weighted by atomic mass is 9.93. The van der Waals surface area contributed by atoms with Crippen LogP contribution in [0.2, 0.25) is 5.02 Å². The number of benzene rings is 3. The van der Waals surface area contributed by atoms with Gasteiger partial charge in [0.1, 0.15) is 23.5 Å². The molecule has 6 nitrogen and oxygen atoms in total. The molecule has 2 aliphatic rings. The Morgan fingerprint density at radius 3 is 2.42 bits per heavy atom. The van der Waals surface area contributed by atoms with Crippen molar-refractivity contribution in [1.82, 2.24) is 4.90 Å². The van der Waals surface area contributed by atoms with E-state index in [1.54, 1.807) is 44.2 Å². The van der Waals surface area contributed by atoms with Gasteiger partial charge in [0.05, 0.1) is 27.7 Å². The van der Waals surface area contributed by atoms with Crippen LogP contribution in [0.5, 0.6) is 5.75 Å². The average molecular weight is 665 g/mol. The molecule has 1 fully saturated rings. The number of rotatable bonds is 8. The van der Waals surface area contributed by atoms with Gasteiger partial charge in [-0.05, 0) is 99.8 Å². The number of Topliss-reactive ketones (excluding diaryl/α,β-unsaturated/α-hetero) is 1. The summed E-state index contributed by atoms with van der Waals surface area (Å²) in [5.41, 5.74) is 0.302. The number of alkyl halides is 3. The summed E-state index contributed by atoms with van der Waals surface area (Å²) in [6.07, 6.45) is -1.68. The second-order valence-corrected chi connectivity index (χ2v) is 13.7. The number of allylic oxidation sites excluding steroid dienone is 1. The molecule has 240 valence electrons. The van der Waals surface area contributed by atoms with E-state index < -0.39 is 38.6 Å². The Kier molecular flexibility index (Phi) is 9.62. The standard InChI is InChI=1S/C33H33ClF4N2O4S/c1-21(32-28(34)7-4-8-29(32)35)17-23-9-10-31-30(18-23)40(45(42,43)27-6-3-5-25(19-27)33(36,37)38)20-26(44-31)13-16-39-14-11-24(12-15-39)22(2)41/h3-10,17-19,24,26H,11-16,20H2,1-2H3. The molecule has 45 heavy (non-hydrogen) atoms. The summed E-state index contributed by atoms with van der Waals surface area (Å²) >= 11 is 6.24. The van der Waals surface area contributed by atoms with Crippen molar-refractivity contribution in [2.24, 2.45) is 5.92 Å². The molecular formula is C33H33ClF4N2O4S. The van der Waals surface area contributed by atoms with Crippen molar-refractivity contribution in [2.45, 2.75) is 50.3 Å². The lowest BCUT2D eigenvalue weighted by molar-refractivity contribution is -0.137. The second kappa shape index (κ2) is 13.1. The number of ketones is 1. The van der Waals surface area contributed by atoms with E-state index in [1.807, 2.05) is 0 Å². The van der Waals surface area contributed by atoms with Gasteiger partial charge in [-0.15, -0.1) is 0 Å². The Balaban J connectivity index is 1.47. The monoisotopic (exact) mass is 664 g/mol. The highest BCUT2D eigenvalue weighted by atomic mass is 35.5. The van der Waals surface area contributed by atoms with Gasteiger partial charge in [0.15, 0.2) is 0 Å². The van der Waals surface area contributed by atoms with Gasteiger partial charge in [-0.2, -0.15) is 13.2 Å². The number of hydrogen-bond acceptors (Lipinski definition) is 5. The number of hydrogen-bond donors (Lipinski definition) is 0. The number of fused-ring (bicyclic) bond motifs is 1. The quantitative estimate of drug-likeness (QED) is 0.182. The van der Waals surface area contributed by atoms with Crippen molar-refractivity contribution in [3.63, 3.8) is 0 Å². The van der Waals surface area contributed by atoms with Crippen LogP contribution in [0.4, 0.5) is 23.2 Å². The molecule has 12 heteroatoms. The zero-order chi connectivity index (χ0) is 32.5. The average Bonchev–Trinajstić information content (AvgIpc) is 2.99. The molecule has 1 saturated heterocycles. The van der Waals surface area contributed by atoms with Crippen LogP contribution in [-0.4, -0.2) is 51.4 Å². The van der Waals surface area contributed by atoms with Gasteiger partial charge in [-0.25, -0.2) is 12.8 Å². The molecule has 0 amide bonds. The predicted octanol–water partition coefficient (Wildman–Crippen LogP) is 7.71. The highest BCUT2D eigenvalue weighted by Crippen LogP contribution is 2.40. The van der Waals surface area contributed by atoms with E-state index in [-0.39, 0.29) is 40.3 Å². The summed E-state index contributed by atoms with van der Waals surface area (Å²) in [6.45, 7) is 5.23. The number of anilines is 1. The minimum atomic E-state index is -4.73. The number of piperidine rings is 1. The Hall–Kier alpha value is -3.41. The van der Waals surface area contributed by atoms with Gasteiger partial charge in [-0.1, -0.05) is 35.9 Å². The molecule has 0 aliphatic carbocycles. The van der Waals surface area contributed by atoms with E-state index in [1.165, 1.54) is 12.1 Å². The summed E-state index contributed by atoms with van der Waals surface area (Å²) in [6, 6.07) is 12.9. The van der Waals surface area contributed by atoms with Crippen LogP contribution in [0.25, 0.3) is 11.6 Å². The molecule has 0 radical (unpaired) electrons. The van der Waals surface area contributed by atoms with Crippen LogP contribution < -0.4 is 9.04 Å². The number of sulfonamides is 1. The fourth-order valence-corrected chi connectivity index (χ4v) is 7.70. The number of likely N-dealkylation sites (tertiary alicyclic amines) is 1. The maximum Gasteiger partial charge on any atom is 0.416 e. The van der Waals surface area contributed by atoms with Crippen molar-refractivity contribution >= 4 is 44.7 Å². The van der Waals surface area contributed by atoms with Gasteiger partial charge >= 0.3 is 6.18 Å². The predicted molar refractivity (Wildman–Crippen MR) is 166 cm³/mol. The third-order valence-electron chi connectivity index (χ3n) is 8.33. The topological polar surface area (TPSA) is 66.9 Å². The van der Waals surface area contributed by atoms with Crippen LogP contribution in [-0.2, 0) is 21.0 Å². The molecule has 0 spiro atoms. The van der Waals surface area contributed by atoms with Crippen molar-refractivity contribution in [3.8, 4) is 5.75 Å². The lowest BCUT2D eigenvalue weighted by Crippen LogP contribution is -2.45. The van der Waals surface area contributed by atoms with Crippen molar-refractivity contribution in [2.75, 3.05) is 30.5 Å². The molecule has 0 N–H and O–H groups in total. The summed E-state index contributed by atoms with van der Waals surface area (Å²) in [4.78, 5) is 13.5. The zero-order valence-corrected chi connectivity index (χ0v) is 26.4. The highest BCUT2D eigenvalue weighted by Gasteiger charge is 2.37. The lowest BCUT2D eigenvalue weighted by Gasteiger charge is -2.37. The molecule has 0 bridgehead atoms. The van der Waals surface area contributed by atoms with E-state index in [4.69, 9.17) is 16.3 Å². The van der Waals surface area contributed by atoms with E-state index >= 15 is 0 Å². The number of carbonyl (C=O) groups excluding carboxylic acids is 1. The van der Waals surface area contributed by atoms with Gasteiger partial charge in [0.25, 0.3) is 10.0 Å². The van der Waals surface area contributed by atoms with Crippen molar-refractivity contribution < 1.29 is 35.5 Å². The minimum absolute atomic E-state index is 0.0495. The van der Waals surface area contributed by atoms with E-state index in [0.717, 1.165) is 48.4 Å². The first-order valence-corrected chi connectivity index (χ1v) is 16.4. The Labute approximate surface area is 265 Å². The first-order chi connectivity index (χ1) is 21.2. The number of halogens is 5. The van der Waals surface area contributed by atoms with Gasteiger partial charge in [0.2, 0.25) is 0 Å². The largest absolute Gasteiger partial charge is 0.486 e. The molecular weight excluding hydrogens is 632 g/mol. The third kappa shape index (κ3) is 7.37. The Morgan fingerprint density at radius 1 is 1.04 bits per heavy atom. The van der Waals surface area contributed by atoms with Gasteiger partial charge in [0, 0.05) is 18.0 Å². The summed E-state index contributed by atoms with van der Waals surface area (Å²) in [5.74, 6) is -0.0253. The van der Waals surface area contributed by atoms with Crippen molar-refractivity contribution in [3.05, 3.63) is 88.2 Å². The van der Waals surface area contributed by atoms with E-state index in [2.05, 4.69) is 4.90 Å². The number of nitrogens with zero attached hydrogens (tertiary/aromatic N) is 2. The molecule has 2 heterocycles. The first-order valence-electron chi connectivity index (χ1n) is 14.6. The van der Waals surface area contributed by atoms with Gasteiger partial charge < -0.3 is 9.64 Å². The van der Waals surface area contributed by atoms with Gasteiger partial charge in [-0.3, -0.25) is 9.10 Å². The molecule has 5 rings (SSSR count). The number of carbonyl (C=O) groups is 1. The fourth-order valence-electron chi connectivity index (χ4n) is 5.84. The minimum Gasteiger partial charge on any atom is -0.486 e. The Bertz CT molecular complexity index is 1700. The highest BCUT2D eigenvalue weighted by molar-refractivity contribution is 7.92.